The molecule has 1 aliphatic rings. The van der Waals surface area contributed by atoms with Crippen LogP contribution in [0.25, 0.3) is 0 Å². The van der Waals surface area contributed by atoms with Gasteiger partial charge in [0.15, 0.2) is 0 Å². The highest BCUT2D eigenvalue weighted by Gasteiger charge is 2.33. The molecule has 1 N–H and O–H groups in total. The van der Waals surface area contributed by atoms with E-state index in [0.717, 1.165) is 25.7 Å². The third-order valence-electron chi connectivity index (χ3n) is 4.31. The molecule has 0 spiro atoms. The Morgan fingerprint density at radius 1 is 1.10 bits per heavy atom. The molecule has 1 saturated carbocycles. The van der Waals surface area contributed by atoms with Crippen LogP contribution >= 0.6 is 0 Å². The number of carbonyl (C=O) groups excluding carboxylic acids is 1. The third kappa shape index (κ3) is 5.68. The lowest BCUT2D eigenvalue weighted by molar-refractivity contribution is -0.147. The summed E-state index contributed by atoms with van der Waals surface area (Å²) in [5.74, 6) is -1.25. The number of hydrogen-bond acceptors (Lipinski definition) is 2. The van der Waals surface area contributed by atoms with E-state index in [1.807, 2.05) is 25.7 Å². The lowest BCUT2D eigenvalue weighted by Gasteiger charge is -2.38. The first kappa shape index (κ1) is 18.0. The van der Waals surface area contributed by atoms with Crippen molar-refractivity contribution in [1.29, 1.82) is 0 Å². The molecule has 0 aromatic rings. The number of hydrogen-bond donors (Lipinski definition) is 1. The van der Waals surface area contributed by atoms with Crippen molar-refractivity contribution in [2.75, 3.05) is 6.54 Å². The number of nitrogens with zero attached hydrogens (tertiary/aromatic N) is 1. The van der Waals surface area contributed by atoms with Crippen molar-refractivity contribution in [2.45, 2.75) is 78.7 Å². The highest BCUT2D eigenvalue weighted by molar-refractivity contribution is 5.82. The maximum absolute atomic E-state index is 12.8. The second kappa shape index (κ2) is 7.81. The first-order chi connectivity index (χ1) is 9.73. The Labute approximate surface area is 128 Å². The van der Waals surface area contributed by atoms with E-state index in [4.69, 9.17) is 0 Å². The van der Waals surface area contributed by atoms with Crippen LogP contribution in [0, 0.1) is 11.3 Å². The molecule has 1 rings (SSSR count). The van der Waals surface area contributed by atoms with Gasteiger partial charge in [-0.3, -0.25) is 9.59 Å². The quantitative estimate of drug-likeness (QED) is 0.861. The zero-order valence-corrected chi connectivity index (χ0v) is 14.0. The number of carboxylic acids is 1. The van der Waals surface area contributed by atoms with Crippen molar-refractivity contribution < 1.29 is 14.7 Å². The van der Waals surface area contributed by atoms with Crippen LogP contribution in [0.4, 0.5) is 0 Å². The van der Waals surface area contributed by atoms with Gasteiger partial charge in [0.2, 0.25) is 5.91 Å². The Kier molecular flexibility index (Phi) is 6.69. The van der Waals surface area contributed by atoms with Gasteiger partial charge >= 0.3 is 5.97 Å². The van der Waals surface area contributed by atoms with Gasteiger partial charge in [0.25, 0.3) is 0 Å². The van der Waals surface area contributed by atoms with Crippen LogP contribution in [0.15, 0.2) is 0 Å². The summed E-state index contributed by atoms with van der Waals surface area (Å²) in [7, 11) is 0. The topological polar surface area (TPSA) is 57.6 Å². The number of amides is 1. The van der Waals surface area contributed by atoms with Crippen LogP contribution in [-0.2, 0) is 9.59 Å². The van der Waals surface area contributed by atoms with Crippen molar-refractivity contribution in [2.24, 2.45) is 11.3 Å². The number of rotatable bonds is 4. The van der Waals surface area contributed by atoms with E-state index in [0.29, 0.717) is 6.54 Å². The minimum atomic E-state index is -0.826. The van der Waals surface area contributed by atoms with E-state index in [2.05, 4.69) is 0 Å². The van der Waals surface area contributed by atoms with Crippen LogP contribution in [-0.4, -0.2) is 34.5 Å². The molecular formula is C17H31NO3. The van der Waals surface area contributed by atoms with Crippen LogP contribution in [0.1, 0.15) is 72.6 Å². The Morgan fingerprint density at radius 3 is 2.00 bits per heavy atom. The normalized spacial score (nSPS) is 19.4. The molecule has 0 aliphatic heterocycles. The third-order valence-corrected chi connectivity index (χ3v) is 4.31. The standard InChI is InChI=1S/C17H31NO3/c1-13(15(19)20)12-18(16(21)17(2,3)4)14-10-8-6-5-7-9-11-14/h13-14H,5-12H2,1-4H3,(H,19,20). The van der Waals surface area contributed by atoms with Gasteiger partial charge in [-0.25, -0.2) is 0 Å². The van der Waals surface area contributed by atoms with E-state index in [-0.39, 0.29) is 11.9 Å². The van der Waals surface area contributed by atoms with Crippen molar-refractivity contribution in [3.8, 4) is 0 Å². The molecule has 4 heteroatoms. The summed E-state index contributed by atoms with van der Waals surface area (Å²) in [6, 6.07) is 0.207. The van der Waals surface area contributed by atoms with Crippen molar-refractivity contribution in [3.63, 3.8) is 0 Å². The molecule has 1 unspecified atom stereocenters. The Morgan fingerprint density at radius 2 is 1.57 bits per heavy atom. The van der Waals surface area contributed by atoms with Gasteiger partial charge in [0.1, 0.15) is 0 Å². The Balaban J connectivity index is 2.87. The summed E-state index contributed by atoms with van der Waals surface area (Å²) >= 11 is 0. The average molecular weight is 297 g/mol. The van der Waals surface area contributed by atoms with Gasteiger partial charge in [-0.15, -0.1) is 0 Å². The van der Waals surface area contributed by atoms with Crippen molar-refractivity contribution >= 4 is 11.9 Å². The second-order valence-electron chi connectivity index (χ2n) is 7.45. The summed E-state index contributed by atoms with van der Waals surface area (Å²) < 4.78 is 0. The van der Waals surface area contributed by atoms with Crippen LogP contribution in [0.2, 0.25) is 0 Å². The summed E-state index contributed by atoms with van der Waals surface area (Å²) in [4.78, 5) is 25.8. The smallest absolute Gasteiger partial charge is 0.308 e. The maximum atomic E-state index is 12.8. The Bertz CT molecular complexity index is 352. The van der Waals surface area contributed by atoms with Crippen LogP contribution in [0.3, 0.4) is 0 Å². The summed E-state index contributed by atoms with van der Waals surface area (Å²) in [6.07, 6.45) is 8.03. The SMILES string of the molecule is CC(CN(C(=O)C(C)(C)C)C1CCCCCCC1)C(=O)O. The van der Waals surface area contributed by atoms with Gasteiger partial charge in [-0.05, 0) is 12.8 Å². The molecule has 21 heavy (non-hydrogen) atoms. The van der Waals surface area contributed by atoms with E-state index >= 15 is 0 Å². The highest BCUT2D eigenvalue weighted by Crippen LogP contribution is 2.27. The van der Waals surface area contributed by atoms with E-state index in [1.54, 1.807) is 6.92 Å². The molecule has 1 fully saturated rings. The highest BCUT2D eigenvalue weighted by atomic mass is 16.4. The minimum Gasteiger partial charge on any atom is -0.481 e. The molecule has 1 atom stereocenters. The van der Waals surface area contributed by atoms with Gasteiger partial charge in [0, 0.05) is 18.0 Å². The molecule has 1 amide bonds. The van der Waals surface area contributed by atoms with E-state index < -0.39 is 17.3 Å². The molecule has 0 aromatic carbocycles. The van der Waals surface area contributed by atoms with E-state index in [1.165, 1.54) is 19.3 Å². The van der Waals surface area contributed by atoms with Gasteiger partial charge < -0.3 is 10.0 Å². The summed E-state index contributed by atoms with van der Waals surface area (Å²) in [5.41, 5.74) is -0.458. The molecular weight excluding hydrogens is 266 g/mol. The fourth-order valence-electron chi connectivity index (χ4n) is 2.95. The van der Waals surface area contributed by atoms with Gasteiger partial charge in [-0.2, -0.15) is 0 Å². The molecule has 0 heterocycles. The lowest BCUT2D eigenvalue weighted by atomic mass is 9.90. The average Bonchev–Trinajstić information content (AvgIpc) is 2.34. The van der Waals surface area contributed by atoms with Crippen LogP contribution < -0.4 is 0 Å². The largest absolute Gasteiger partial charge is 0.481 e. The molecule has 1 aliphatic carbocycles. The first-order valence-electron chi connectivity index (χ1n) is 8.27. The monoisotopic (exact) mass is 297 g/mol. The fourth-order valence-corrected chi connectivity index (χ4v) is 2.95. The fraction of sp³-hybridized carbons (Fsp3) is 0.882. The molecule has 122 valence electrons. The van der Waals surface area contributed by atoms with Crippen molar-refractivity contribution in [1.82, 2.24) is 4.90 Å². The number of aliphatic carboxylic acids is 1. The molecule has 0 bridgehead atoms. The predicted octanol–water partition coefficient (Wildman–Crippen LogP) is 3.69. The summed E-state index contributed by atoms with van der Waals surface area (Å²) in [6.45, 7) is 7.76. The van der Waals surface area contributed by atoms with Gasteiger partial charge in [0.05, 0.1) is 5.92 Å². The zero-order valence-electron chi connectivity index (χ0n) is 14.0. The van der Waals surface area contributed by atoms with Crippen LogP contribution in [0.5, 0.6) is 0 Å². The Hall–Kier alpha value is -1.06. The van der Waals surface area contributed by atoms with Gasteiger partial charge in [-0.1, -0.05) is 59.8 Å². The van der Waals surface area contributed by atoms with Crippen molar-refractivity contribution in [3.05, 3.63) is 0 Å². The minimum absolute atomic E-state index is 0.0844. The molecule has 0 saturated heterocycles. The second-order valence-corrected chi connectivity index (χ2v) is 7.45. The molecule has 0 aromatic heterocycles. The first-order valence-corrected chi connectivity index (χ1v) is 8.27. The predicted molar refractivity (Wildman–Crippen MR) is 84.1 cm³/mol. The molecule has 0 radical (unpaired) electrons. The van der Waals surface area contributed by atoms with E-state index in [9.17, 15) is 14.7 Å². The summed E-state index contributed by atoms with van der Waals surface area (Å²) in [5, 5.41) is 9.18. The number of carbonyl (C=O) groups is 2. The lowest BCUT2D eigenvalue weighted by Crippen LogP contribution is -2.48. The maximum Gasteiger partial charge on any atom is 0.308 e. The molecule has 4 nitrogen and oxygen atoms in total. The number of carboxylic acid groups (broad SMARTS) is 1. The zero-order chi connectivity index (χ0) is 16.0.